The van der Waals surface area contributed by atoms with E-state index in [1.165, 1.54) is 0 Å². The first-order chi connectivity index (χ1) is 13.1. The highest BCUT2D eigenvalue weighted by Crippen LogP contribution is 2.32. The van der Waals surface area contributed by atoms with Crippen molar-refractivity contribution in [1.82, 2.24) is 15.1 Å². The third-order valence-corrected chi connectivity index (χ3v) is 3.84. The number of aryl methyl sites for hydroxylation is 2. The van der Waals surface area contributed by atoms with Gasteiger partial charge in [0.15, 0.2) is 17.3 Å². The van der Waals surface area contributed by atoms with Crippen LogP contribution in [0.1, 0.15) is 27.5 Å². The zero-order chi connectivity index (χ0) is 18.8. The molecule has 0 saturated heterocycles. The van der Waals surface area contributed by atoms with Crippen LogP contribution in [0, 0.1) is 13.8 Å². The lowest BCUT2D eigenvalue weighted by Crippen LogP contribution is -2.16. The van der Waals surface area contributed by atoms with Crippen LogP contribution in [0.3, 0.4) is 0 Å². The Morgan fingerprint density at radius 1 is 1.11 bits per heavy atom. The lowest BCUT2D eigenvalue weighted by molar-refractivity contribution is 0.102. The van der Waals surface area contributed by atoms with Gasteiger partial charge in [0.2, 0.25) is 12.7 Å². The normalized spacial score (nSPS) is 12.1. The van der Waals surface area contributed by atoms with Gasteiger partial charge in [0.05, 0.1) is 0 Å². The number of ether oxygens (including phenoxy) is 2. The molecule has 27 heavy (non-hydrogen) atoms. The van der Waals surface area contributed by atoms with E-state index >= 15 is 0 Å². The third kappa shape index (κ3) is 3.81. The van der Waals surface area contributed by atoms with Crippen LogP contribution in [0.15, 0.2) is 34.9 Å². The number of carbonyl (C=O) groups excluding carboxylic acids is 1. The van der Waals surface area contributed by atoms with Crippen molar-refractivity contribution < 1.29 is 18.8 Å². The number of carbonyl (C=O) groups is 1. The van der Waals surface area contributed by atoms with Crippen LogP contribution in [-0.2, 0) is 6.54 Å². The summed E-state index contributed by atoms with van der Waals surface area (Å²) >= 11 is 0. The predicted octanol–water partition coefficient (Wildman–Crippen LogP) is 2.67. The van der Waals surface area contributed by atoms with Gasteiger partial charge in [-0.2, -0.15) is 0 Å². The fourth-order valence-corrected chi connectivity index (χ4v) is 2.60. The number of nitrogens with zero attached hydrogens (tertiary/aromatic N) is 3. The Morgan fingerprint density at radius 2 is 1.96 bits per heavy atom. The number of hydrogen-bond donors (Lipinski definition) is 2. The van der Waals surface area contributed by atoms with Gasteiger partial charge >= 0.3 is 0 Å². The summed E-state index contributed by atoms with van der Waals surface area (Å²) in [5, 5.41) is 9.51. The molecule has 1 aromatic carbocycles. The largest absolute Gasteiger partial charge is 0.454 e. The summed E-state index contributed by atoms with van der Waals surface area (Å²) in [5.74, 6) is 2.35. The zero-order valence-electron chi connectivity index (χ0n) is 14.8. The maximum Gasteiger partial charge on any atom is 0.275 e. The molecule has 9 heteroatoms. The summed E-state index contributed by atoms with van der Waals surface area (Å²) in [4.78, 5) is 21.0. The van der Waals surface area contributed by atoms with E-state index in [4.69, 9.17) is 14.0 Å². The Morgan fingerprint density at radius 3 is 2.78 bits per heavy atom. The second-order valence-corrected chi connectivity index (χ2v) is 6.04. The van der Waals surface area contributed by atoms with E-state index < -0.39 is 0 Å². The van der Waals surface area contributed by atoms with E-state index in [9.17, 15) is 4.79 Å². The summed E-state index contributed by atoms with van der Waals surface area (Å²) in [6.07, 6.45) is 0. The van der Waals surface area contributed by atoms with E-state index in [0.29, 0.717) is 35.5 Å². The number of hydrogen-bond acceptors (Lipinski definition) is 8. The molecule has 0 spiro atoms. The van der Waals surface area contributed by atoms with Crippen LogP contribution >= 0.6 is 0 Å². The molecule has 0 fully saturated rings. The summed E-state index contributed by atoms with van der Waals surface area (Å²) in [6, 6.07) is 8.91. The Balaban J connectivity index is 1.46. The second kappa shape index (κ2) is 6.94. The summed E-state index contributed by atoms with van der Waals surface area (Å²) in [7, 11) is 0. The maximum atomic E-state index is 12.4. The fourth-order valence-electron chi connectivity index (χ4n) is 2.60. The Bertz CT molecular complexity index is 1000. The van der Waals surface area contributed by atoms with Crippen molar-refractivity contribution in [1.29, 1.82) is 0 Å². The first kappa shape index (κ1) is 16.8. The average molecular weight is 367 g/mol. The number of anilines is 2. The van der Waals surface area contributed by atoms with Gasteiger partial charge in [0.1, 0.15) is 11.5 Å². The molecule has 2 aromatic heterocycles. The molecule has 3 aromatic rings. The van der Waals surface area contributed by atoms with Gasteiger partial charge in [0, 0.05) is 18.3 Å². The molecule has 0 atom stereocenters. The van der Waals surface area contributed by atoms with Crippen molar-refractivity contribution in [2.45, 2.75) is 20.4 Å². The van der Waals surface area contributed by atoms with Crippen LogP contribution in [0.5, 0.6) is 11.5 Å². The minimum Gasteiger partial charge on any atom is -0.454 e. The van der Waals surface area contributed by atoms with Crippen LogP contribution in [0.4, 0.5) is 11.8 Å². The summed E-state index contributed by atoms with van der Waals surface area (Å²) in [5.41, 5.74) is 1.88. The molecule has 1 amide bonds. The monoisotopic (exact) mass is 367 g/mol. The molecule has 4 rings (SSSR count). The van der Waals surface area contributed by atoms with Crippen molar-refractivity contribution in [2.75, 3.05) is 17.4 Å². The van der Waals surface area contributed by atoms with Crippen LogP contribution in [0.25, 0.3) is 0 Å². The van der Waals surface area contributed by atoms with Gasteiger partial charge in [-0.1, -0.05) is 11.2 Å². The van der Waals surface area contributed by atoms with Crippen molar-refractivity contribution in [3.63, 3.8) is 0 Å². The second-order valence-electron chi connectivity index (χ2n) is 6.04. The van der Waals surface area contributed by atoms with Gasteiger partial charge in [0.25, 0.3) is 5.91 Å². The smallest absolute Gasteiger partial charge is 0.275 e. The molecule has 0 unspecified atom stereocenters. The standard InChI is InChI=1S/C18H17N5O4/c1-10-5-13(17(24)22-16-6-11(2)27-23-16)21-18(20-10)19-8-12-3-4-14-15(7-12)26-9-25-14/h3-7H,8-9H2,1-2H3,(H,19,20,21)(H,22,23,24). The average Bonchev–Trinajstić information content (AvgIpc) is 3.27. The van der Waals surface area contributed by atoms with Crippen LogP contribution in [-0.4, -0.2) is 27.8 Å². The molecule has 0 bridgehead atoms. The molecule has 1 aliphatic rings. The minimum atomic E-state index is -0.389. The first-order valence-electron chi connectivity index (χ1n) is 8.29. The zero-order valence-corrected chi connectivity index (χ0v) is 14.8. The van der Waals surface area contributed by atoms with E-state index in [1.54, 1.807) is 26.0 Å². The first-order valence-corrected chi connectivity index (χ1v) is 8.29. The third-order valence-electron chi connectivity index (χ3n) is 3.84. The van der Waals surface area contributed by atoms with E-state index in [-0.39, 0.29) is 18.4 Å². The molecule has 2 N–H and O–H groups in total. The van der Waals surface area contributed by atoms with Gasteiger partial charge in [-0.15, -0.1) is 0 Å². The van der Waals surface area contributed by atoms with Crippen LogP contribution < -0.4 is 20.1 Å². The van der Waals surface area contributed by atoms with E-state index in [2.05, 4.69) is 25.8 Å². The molecular formula is C18H17N5O4. The Labute approximate surface area is 154 Å². The van der Waals surface area contributed by atoms with Crippen molar-refractivity contribution in [2.24, 2.45) is 0 Å². The number of benzene rings is 1. The quantitative estimate of drug-likeness (QED) is 0.708. The highest BCUT2D eigenvalue weighted by molar-refractivity contribution is 6.02. The van der Waals surface area contributed by atoms with Crippen LogP contribution in [0.2, 0.25) is 0 Å². The van der Waals surface area contributed by atoms with Gasteiger partial charge in [-0.05, 0) is 37.6 Å². The lowest BCUT2D eigenvalue weighted by atomic mass is 10.2. The molecule has 1 aliphatic heterocycles. The number of aromatic nitrogens is 3. The van der Waals surface area contributed by atoms with Gasteiger partial charge < -0.3 is 24.6 Å². The number of fused-ring (bicyclic) bond motifs is 1. The fraction of sp³-hybridized carbons (Fsp3) is 0.222. The Kier molecular flexibility index (Phi) is 4.33. The van der Waals surface area contributed by atoms with E-state index in [1.807, 2.05) is 18.2 Å². The highest BCUT2D eigenvalue weighted by atomic mass is 16.7. The summed E-state index contributed by atoms with van der Waals surface area (Å²) in [6.45, 7) is 4.25. The minimum absolute atomic E-state index is 0.233. The van der Waals surface area contributed by atoms with Crippen molar-refractivity contribution >= 4 is 17.7 Å². The molecule has 0 saturated carbocycles. The van der Waals surface area contributed by atoms with E-state index in [0.717, 1.165) is 11.3 Å². The Hall–Kier alpha value is -3.62. The highest BCUT2D eigenvalue weighted by Gasteiger charge is 2.15. The van der Waals surface area contributed by atoms with Gasteiger partial charge in [-0.25, -0.2) is 9.97 Å². The molecule has 9 nitrogen and oxygen atoms in total. The molecule has 0 radical (unpaired) electrons. The van der Waals surface area contributed by atoms with Crippen molar-refractivity contribution in [3.05, 3.63) is 53.0 Å². The lowest BCUT2D eigenvalue weighted by Gasteiger charge is -2.08. The summed E-state index contributed by atoms with van der Waals surface area (Å²) < 4.78 is 15.6. The number of nitrogens with one attached hydrogen (secondary N) is 2. The van der Waals surface area contributed by atoms with Crippen molar-refractivity contribution in [3.8, 4) is 11.5 Å². The SMILES string of the molecule is Cc1cc(C(=O)Nc2cc(C)on2)nc(NCc2ccc3c(c2)OCO3)n1. The number of amides is 1. The maximum absolute atomic E-state index is 12.4. The molecule has 0 aliphatic carbocycles. The number of rotatable bonds is 5. The predicted molar refractivity (Wildman–Crippen MR) is 95.9 cm³/mol. The topological polar surface area (TPSA) is 111 Å². The molecule has 3 heterocycles. The molecular weight excluding hydrogens is 350 g/mol. The van der Waals surface area contributed by atoms with Gasteiger partial charge in [-0.3, -0.25) is 4.79 Å². The molecule has 138 valence electrons.